The molecule has 0 amide bonds. The summed E-state index contributed by atoms with van der Waals surface area (Å²) in [6.45, 7) is 3.97. The number of rotatable bonds is 2. The van der Waals surface area contributed by atoms with Crippen LogP contribution in [0.1, 0.15) is 13.8 Å². The van der Waals surface area contributed by atoms with Crippen molar-refractivity contribution >= 4 is 19.4 Å². The Kier molecular flexibility index (Phi) is 2.92. The molecule has 0 saturated heterocycles. The first-order valence-corrected chi connectivity index (χ1v) is 5.51. The molecule has 2 heteroatoms. The maximum atomic E-state index is 8.82. The first-order chi connectivity index (χ1) is 5.64. The van der Waals surface area contributed by atoms with E-state index in [1.165, 1.54) is 4.46 Å². The third kappa shape index (κ3) is 2.69. The van der Waals surface area contributed by atoms with Crippen LogP contribution in [0.5, 0.6) is 0 Å². The van der Waals surface area contributed by atoms with E-state index >= 15 is 0 Å². The van der Waals surface area contributed by atoms with Gasteiger partial charge in [0, 0.05) is 0 Å². The fourth-order valence-corrected chi connectivity index (χ4v) is 2.75. The van der Waals surface area contributed by atoms with Gasteiger partial charge in [-0.25, -0.2) is 0 Å². The van der Waals surface area contributed by atoms with Crippen molar-refractivity contribution in [1.29, 1.82) is 5.26 Å². The Bertz CT molecular complexity index is 284. The summed E-state index contributed by atoms with van der Waals surface area (Å²) in [4.78, 5) is 0. The van der Waals surface area contributed by atoms with Crippen molar-refractivity contribution in [2.24, 2.45) is 0 Å². The first-order valence-electron chi connectivity index (χ1n) is 3.79. The zero-order chi connectivity index (χ0) is 9.03. The predicted octanol–water partition coefficient (Wildman–Crippen LogP) is 1.74. The Hall–Kier alpha value is -0.771. The molecule has 0 aliphatic heterocycles. The van der Waals surface area contributed by atoms with E-state index in [0.29, 0.717) is 0 Å². The van der Waals surface area contributed by atoms with Crippen LogP contribution in [0.2, 0.25) is 4.31 Å². The summed E-state index contributed by atoms with van der Waals surface area (Å²) in [5.74, 6) is 0. The van der Waals surface area contributed by atoms with Crippen molar-refractivity contribution in [3.05, 3.63) is 30.3 Å². The summed E-state index contributed by atoms with van der Waals surface area (Å²) in [5.41, 5.74) is 0. The van der Waals surface area contributed by atoms with E-state index in [4.69, 9.17) is 5.26 Å². The molecule has 0 aliphatic rings. The van der Waals surface area contributed by atoms with Gasteiger partial charge in [-0.15, -0.1) is 0 Å². The van der Waals surface area contributed by atoms with E-state index in [1.807, 2.05) is 32.0 Å². The average Bonchev–Trinajstić information content (AvgIpc) is 2.06. The third-order valence-electron chi connectivity index (χ3n) is 1.39. The van der Waals surface area contributed by atoms with Gasteiger partial charge in [0.2, 0.25) is 0 Å². The summed E-state index contributed by atoms with van der Waals surface area (Å²) in [7, 11) is 0. The SMILES string of the molecule is CC(C)(C#N)[Se]c1ccccc1. The van der Waals surface area contributed by atoms with Crippen molar-refractivity contribution in [2.75, 3.05) is 0 Å². The molecule has 62 valence electrons. The zero-order valence-electron chi connectivity index (χ0n) is 7.24. The molecule has 0 fully saturated rings. The van der Waals surface area contributed by atoms with Crippen molar-refractivity contribution < 1.29 is 0 Å². The molecule has 1 aromatic rings. The molecule has 1 aromatic carbocycles. The minimum atomic E-state index is -0.186. The van der Waals surface area contributed by atoms with Crippen LogP contribution in [-0.4, -0.2) is 15.0 Å². The van der Waals surface area contributed by atoms with Crippen LogP contribution in [0.25, 0.3) is 0 Å². The van der Waals surface area contributed by atoms with Crippen LogP contribution in [0, 0.1) is 11.3 Å². The molecule has 0 N–H and O–H groups in total. The Labute approximate surface area is 79.6 Å². The maximum absolute atomic E-state index is 8.82. The van der Waals surface area contributed by atoms with Gasteiger partial charge >= 0.3 is 79.2 Å². The van der Waals surface area contributed by atoms with Crippen LogP contribution in [0.4, 0.5) is 0 Å². The van der Waals surface area contributed by atoms with Crippen LogP contribution < -0.4 is 4.46 Å². The van der Waals surface area contributed by atoms with E-state index in [1.54, 1.807) is 0 Å². The summed E-state index contributed by atoms with van der Waals surface area (Å²) in [6, 6.07) is 12.5. The molecular formula is C10H11NSe. The molecule has 1 nitrogen and oxygen atoms in total. The van der Waals surface area contributed by atoms with Crippen LogP contribution in [-0.2, 0) is 0 Å². The second kappa shape index (κ2) is 3.76. The van der Waals surface area contributed by atoms with Crippen LogP contribution in [0.3, 0.4) is 0 Å². The molecule has 0 atom stereocenters. The van der Waals surface area contributed by atoms with Gasteiger partial charge in [0.1, 0.15) is 0 Å². The number of benzene rings is 1. The van der Waals surface area contributed by atoms with E-state index in [0.717, 1.165) is 0 Å². The normalized spacial score (nSPS) is 10.8. The van der Waals surface area contributed by atoms with E-state index in [9.17, 15) is 0 Å². The molecule has 0 aromatic heterocycles. The molecule has 0 spiro atoms. The summed E-state index contributed by atoms with van der Waals surface area (Å²) in [5, 5.41) is 8.82. The molecule has 12 heavy (non-hydrogen) atoms. The molecule has 0 aliphatic carbocycles. The molecule has 0 heterocycles. The number of hydrogen-bond donors (Lipinski definition) is 0. The van der Waals surface area contributed by atoms with E-state index in [2.05, 4.69) is 18.2 Å². The Balaban J connectivity index is 2.72. The number of nitrogens with zero attached hydrogens (tertiary/aromatic N) is 1. The van der Waals surface area contributed by atoms with Gasteiger partial charge in [0.15, 0.2) is 0 Å². The monoisotopic (exact) mass is 225 g/mol. The second-order valence-electron chi connectivity index (χ2n) is 3.04. The van der Waals surface area contributed by atoms with Crippen molar-refractivity contribution in [2.45, 2.75) is 18.2 Å². The van der Waals surface area contributed by atoms with E-state index in [-0.39, 0.29) is 19.3 Å². The van der Waals surface area contributed by atoms with Crippen molar-refractivity contribution in [3.63, 3.8) is 0 Å². The van der Waals surface area contributed by atoms with Gasteiger partial charge in [-0.2, -0.15) is 0 Å². The Morgan fingerprint density at radius 2 is 1.83 bits per heavy atom. The van der Waals surface area contributed by atoms with Crippen LogP contribution in [0.15, 0.2) is 30.3 Å². The molecular weight excluding hydrogens is 213 g/mol. The standard InChI is InChI=1S/C10H11NSe/c1-10(2,8-11)12-9-6-4-3-5-7-9/h3-7H,1-2H3. The van der Waals surface area contributed by atoms with Crippen molar-refractivity contribution in [1.82, 2.24) is 0 Å². The van der Waals surface area contributed by atoms with Crippen molar-refractivity contribution in [3.8, 4) is 6.07 Å². The third-order valence-corrected chi connectivity index (χ3v) is 3.71. The summed E-state index contributed by atoms with van der Waals surface area (Å²) >= 11 is 0.253. The molecule has 0 bridgehead atoms. The van der Waals surface area contributed by atoms with Gasteiger partial charge in [-0.3, -0.25) is 0 Å². The summed E-state index contributed by atoms with van der Waals surface area (Å²) < 4.78 is 1.10. The fraction of sp³-hybridized carbons (Fsp3) is 0.300. The molecule has 0 unspecified atom stereocenters. The molecule has 1 rings (SSSR count). The number of hydrogen-bond acceptors (Lipinski definition) is 1. The first kappa shape index (κ1) is 9.32. The molecule has 0 radical (unpaired) electrons. The Morgan fingerprint density at radius 1 is 1.25 bits per heavy atom. The zero-order valence-corrected chi connectivity index (χ0v) is 8.96. The van der Waals surface area contributed by atoms with Gasteiger partial charge in [0.05, 0.1) is 0 Å². The average molecular weight is 224 g/mol. The van der Waals surface area contributed by atoms with Gasteiger partial charge in [-0.1, -0.05) is 0 Å². The summed E-state index contributed by atoms with van der Waals surface area (Å²) in [6.07, 6.45) is 0. The van der Waals surface area contributed by atoms with Gasteiger partial charge in [0.25, 0.3) is 0 Å². The topological polar surface area (TPSA) is 23.8 Å². The quantitative estimate of drug-likeness (QED) is 0.702. The second-order valence-corrected chi connectivity index (χ2v) is 6.60. The van der Waals surface area contributed by atoms with E-state index < -0.39 is 0 Å². The molecule has 0 saturated carbocycles. The van der Waals surface area contributed by atoms with Gasteiger partial charge < -0.3 is 0 Å². The van der Waals surface area contributed by atoms with Crippen LogP contribution >= 0.6 is 0 Å². The number of nitriles is 1. The predicted molar refractivity (Wildman–Crippen MR) is 51.5 cm³/mol. The minimum absolute atomic E-state index is 0.186. The fourth-order valence-electron chi connectivity index (χ4n) is 0.806. The Morgan fingerprint density at radius 3 is 2.33 bits per heavy atom. The van der Waals surface area contributed by atoms with Gasteiger partial charge in [-0.05, 0) is 0 Å².